The Bertz CT molecular complexity index is 223. The van der Waals surface area contributed by atoms with Crippen LogP contribution in [-0.2, 0) is 9.47 Å². The predicted molar refractivity (Wildman–Crippen MR) is 59.5 cm³/mol. The van der Waals surface area contributed by atoms with Gasteiger partial charge in [0.25, 0.3) is 0 Å². The highest BCUT2D eigenvalue weighted by molar-refractivity contribution is 4.98. The lowest BCUT2D eigenvalue weighted by Crippen LogP contribution is -2.34. The molecular formula is C12H20O3. The number of ether oxygens (including phenoxy) is 2. The molecule has 86 valence electrons. The molecule has 0 saturated carbocycles. The monoisotopic (exact) mass is 212 g/mol. The quantitative estimate of drug-likeness (QED) is 0.559. The van der Waals surface area contributed by atoms with Gasteiger partial charge in [-0.15, -0.1) is 0 Å². The Balaban J connectivity index is 2.17. The van der Waals surface area contributed by atoms with E-state index >= 15 is 0 Å². The van der Waals surface area contributed by atoms with Gasteiger partial charge in [0.2, 0.25) is 0 Å². The zero-order chi connectivity index (χ0) is 11.1. The maximum absolute atomic E-state index is 9.36. The molecule has 1 N–H and O–H groups in total. The maximum Gasteiger partial charge on any atom is 0.177 e. The molecule has 0 radical (unpaired) electrons. The molecule has 0 aromatic carbocycles. The molecule has 3 nitrogen and oxygen atoms in total. The van der Waals surface area contributed by atoms with Gasteiger partial charge in [0, 0.05) is 0 Å². The zero-order valence-electron chi connectivity index (χ0n) is 9.43. The first kappa shape index (κ1) is 12.4. The summed E-state index contributed by atoms with van der Waals surface area (Å²) >= 11 is 0. The van der Waals surface area contributed by atoms with Crippen molar-refractivity contribution in [1.82, 2.24) is 0 Å². The number of rotatable bonds is 5. The third-order valence-electron chi connectivity index (χ3n) is 2.26. The summed E-state index contributed by atoms with van der Waals surface area (Å²) < 4.78 is 10.9. The summed E-state index contributed by atoms with van der Waals surface area (Å²) in [5, 5.41) is 9.36. The molecule has 3 heteroatoms. The van der Waals surface area contributed by atoms with Crippen LogP contribution in [0.4, 0.5) is 0 Å². The summed E-state index contributed by atoms with van der Waals surface area (Å²) in [5.41, 5.74) is 0. The van der Waals surface area contributed by atoms with Crippen LogP contribution < -0.4 is 0 Å². The highest BCUT2D eigenvalue weighted by Crippen LogP contribution is 2.13. The van der Waals surface area contributed by atoms with Crippen molar-refractivity contribution in [1.29, 1.82) is 0 Å². The fourth-order valence-corrected chi connectivity index (χ4v) is 1.33. The number of hydrogen-bond acceptors (Lipinski definition) is 3. The molecule has 1 unspecified atom stereocenters. The standard InChI is InChI=1S/C12H20O3/c1-3-4-5-6-9-14-12-8-7-11(13)10(2)15-12/h4-5,7-8,10-13H,3,6,9H2,1-2H3/b5-4-/t10-,11-,12?/m0/s1. The highest BCUT2D eigenvalue weighted by Gasteiger charge is 2.21. The summed E-state index contributed by atoms with van der Waals surface area (Å²) in [6, 6.07) is 0. The Labute approximate surface area is 91.4 Å². The summed E-state index contributed by atoms with van der Waals surface area (Å²) in [6.07, 6.45) is 8.66. The summed E-state index contributed by atoms with van der Waals surface area (Å²) in [7, 11) is 0. The van der Waals surface area contributed by atoms with E-state index in [1.165, 1.54) is 0 Å². The molecule has 1 rings (SSSR count). The lowest BCUT2D eigenvalue weighted by atomic mass is 10.2. The van der Waals surface area contributed by atoms with Gasteiger partial charge >= 0.3 is 0 Å². The summed E-state index contributed by atoms with van der Waals surface area (Å²) in [4.78, 5) is 0. The molecule has 0 fully saturated rings. The van der Waals surface area contributed by atoms with E-state index in [0.717, 1.165) is 12.8 Å². The summed E-state index contributed by atoms with van der Waals surface area (Å²) in [5.74, 6) is 0. The van der Waals surface area contributed by atoms with Crippen LogP contribution in [0.1, 0.15) is 26.7 Å². The molecule has 0 spiro atoms. The maximum atomic E-state index is 9.36. The fraction of sp³-hybridized carbons (Fsp3) is 0.667. The number of allylic oxidation sites excluding steroid dienone is 1. The van der Waals surface area contributed by atoms with Crippen LogP contribution in [0.3, 0.4) is 0 Å². The lowest BCUT2D eigenvalue weighted by molar-refractivity contribution is -0.164. The van der Waals surface area contributed by atoms with E-state index < -0.39 is 6.10 Å². The third-order valence-corrected chi connectivity index (χ3v) is 2.26. The van der Waals surface area contributed by atoms with Crippen LogP contribution in [-0.4, -0.2) is 30.2 Å². The molecule has 0 bridgehead atoms. The Morgan fingerprint density at radius 2 is 2.20 bits per heavy atom. The normalized spacial score (nSPS) is 31.3. The van der Waals surface area contributed by atoms with Gasteiger partial charge in [-0.1, -0.05) is 25.2 Å². The van der Waals surface area contributed by atoms with Crippen molar-refractivity contribution >= 4 is 0 Å². The van der Waals surface area contributed by atoms with E-state index in [2.05, 4.69) is 19.1 Å². The molecule has 0 aliphatic carbocycles. The van der Waals surface area contributed by atoms with Gasteiger partial charge in [-0.05, 0) is 25.8 Å². The van der Waals surface area contributed by atoms with Crippen molar-refractivity contribution in [3.63, 3.8) is 0 Å². The van der Waals surface area contributed by atoms with Crippen molar-refractivity contribution in [3.8, 4) is 0 Å². The topological polar surface area (TPSA) is 38.7 Å². The molecule has 0 saturated heterocycles. The highest BCUT2D eigenvalue weighted by atomic mass is 16.7. The van der Waals surface area contributed by atoms with Gasteiger partial charge in [-0.25, -0.2) is 0 Å². The van der Waals surface area contributed by atoms with Crippen LogP contribution in [0.2, 0.25) is 0 Å². The first-order valence-electron chi connectivity index (χ1n) is 5.52. The second-order valence-corrected chi connectivity index (χ2v) is 3.62. The van der Waals surface area contributed by atoms with E-state index in [9.17, 15) is 5.11 Å². The van der Waals surface area contributed by atoms with Crippen molar-refractivity contribution in [2.45, 2.75) is 45.2 Å². The van der Waals surface area contributed by atoms with Gasteiger partial charge in [-0.3, -0.25) is 0 Å². The average molecular weight is 212 g/mol. The van der Waals surface area contributed by atoms with Crippen molar-refractivity contribution in [2.75, 3.05) is 6.61 Å². The third kappa shape index (κ3) is 4.60. The predicted octanol–water partition coefficient (Wildman–Crippen LogP) is 2.02. The Morgan fingerprint density at radius 3 is 2.87 bits per heavy atom. The molecule has 1 heterocycles. The van der Waals surface area contributed by atoms with Gasteiger partial charge in [0.05, 0.1) is 18.8 Å². The number of aliphatic hydroxyl groups excluding tert-OH is 1. The Morgan fingerprint density at radius 1 is 1.40 bits per heavy atom. The van der Waals surface area contributed by atoms with Gasteiger partial charge in [0.1, 0.15) is 0 Å². The molecule has 0 aromatic rings. The Hall–Kier alpha value is -0.640. The molecule has 3 atom stereocenters. The van der Waals surface area contributed by atoms with Crippen LogP contribution in [0.5, 0.6) is 0 Å². The van der Waals surface area contributed by atoms with E-state index in [0.29, 0.717) is 6.61 Å². The fourth-order valence-electron chi connectivity index (χ4n) is 1.33. The van der Waals surface area contributed by atoms with E-state index in [1.807, 2.05) is 6.92 Å². The SMILES string of the molecule is CC/C=C\CCOC1C=C[C@H](O)[C@H](C)O1. The first-order chi connectivity index (χ1) is 7.24. The Kier molecular flexibility index (Phi) is 5.61. The zero-order valence-corrected chi connectivity index (χ0v) is 9.43. The summed E-state index contributed by atoms with van der Waals surface area (Å²) in [6.45, 7) is 4.59. The minimum Gasteiger partial charge on any atom is -0.386 e. The molecular weight excluding hydrogens is 192 g/mol. The lowest BCUT2D eigenvalue weighted by Gasteiger charge is -2.26. The van der Waals surface area contributed by atoms with E-state index in [1.54, 1.807) is 12.2 Å². The molecule has 15 heavy (non-hydrogen) atoms. The van der Waals surface area contributed by atoms with Crippen LogP contribution in [0.25, 0.3) is 0 Å². The average Bonchev–Trinajstić information content (AvgIpc) is 2.23. The molecule has 1 aliphatic heterocycles. The van der Waals surface area contributed by atoms with Crippen molar-refractivity contribution in [2.24, 2.45) is 0 Å². The van der Waals surface area contributed by atoms with E-state index in [-0.39, 0.29) is 12.4 Å². The second-order valence-electron chi connectivity index (χ2n) is 3.62. The van der Waals surface area contributed by atoms with Crippen LogP contribution in [0, 0.1) is 0 Å². The largest absolute Gasteiger partial charge is 0.386 e. The van der Waals surface area contributed by atoms with Crippen LogP contribution >= 0.6 is 0 Å². The molecule has 1 aliphatic rings. The van der Waals surface area contributed by atoms with Gasteiger partial charge in [0.15, 0.2) is 6.29 Å². The van der Waals surface area contributed by atoms with Crippen LogP contribution in [0.15, 0.2) is 24.3 Å². The smallest absolute Gasteiger partial charge is 0.177 e. The molecule has 0 amide bonds. The minimum atomic E-state index is -0.509. The molecule has 0 aromatic heterocycles. The van der Waals surface area contributed by atoms with Crippen molar-refractivity contribution < 1.29 is 14.6 Å². The number of aliphatic hydroxyl groups is 1. The van der Waals surface area contributed by atoms with Gasteiger partial charge < -0.3 is 14.6 Å². The minimum absolute atomic E-state index is 0.189. The first-order valence-corrected chi connectivity index (χ1v) is 5.52. The van der Waals surface area contributed by atoms with E-state index in [4.69, 9.17) is 9.47 Å². The van der Waals surface area contributed by atoms with Crippen molar-refractivity contribution in [3.05, 3.63) is 24.3 Å². The van der Waals surface area contributed by atoms with Gasteiger partial charge in [-0.2, -0.15) is 0 Å². The number of hydrogen-bond donors (Lipinski definition) is 1. The second kappa shape index (κ2) is 6.77.